The van der Waals surface area contributed by atoms with Gasteiger partial charge in [-0.2, -0.15) is 4.31 Å². The number of esters is 1. The van der Waals surface area contributed by atoms with Crippen LogP contribution in [0.4, 0.5) is 0 Å². The number of nitrogens with one attached hydrogen (secondary N) is 1. The van der Waals surface area contributed by atoms with E-state index < -0.39 is 16.0 Å². The number of sulfonamides is 1. The van der Waals surface area contributed by atoms with E-state index in [0.29, 0.717) is 13.1 Å². The Bertz CT molecular complexity index is 788. The Morgan fingerprint density at radius 2 is 1.90 bits per heavy atom. The van der Waals surface area contributed by atoms with Crippen LogP contribution in [0.15, 0.2) is 29.2 Å². The van der Waals surface area contributed by atoms with Crippen molar-refractivity contribution < 1.29 is 22.7 Å². The predicted molar refractivity (Wildman–Crippen MR) is 111 cm³/mol. The highest BCUT2D eigenvalue weighted by Gasteiger charge is 2.26. The zero-order valence-electron chi connectivity index (χ0n) is 17.4. The topological polar surface area (TPSA) is 92.8 Å². The minimum absolute atomic E-state index is 0.0192. The van der Waals surface area contributed by atoms with Gasteiger partial charge in [0.05, 0.1) is 10.5 Å². The standard InChI is InChI=1S/C21H32N2O5S/c1-3-4-6-10-17(2)22-20(24)16-28-21(25)18-11-9-12-19(15-18)29(26,27)23-13-7-5-8-14-23/h9,11-12,15,17H,3-8,10,13-14,16H2,1-2H3,(H,22,24)/t17-/m0/s1. The molecule has 0 spiro atoms. The molecule has 1 atom stereocenters. The minimum Gasteiger partial charge on any atom is -0.452 e. The first kappa shape index (κ1) is 23.3. The molecule has 7 nitrogen and oxygen atoms in total. The largest absolute Gasteiger partial charge is 0.452 e. The van der Waals surface area contributed by atoms with Crippen molar-refractivity contribution in [2.75, 3.05) is 19.7 Å². The highest BCUT2D eigenvalue weighted by atomic mass is 32.2. The third-order valence-electron chi connectivity index (χ3n) is 5.00. The average molecular weight is 425 g/mol. The molecule has 29 heavy (non-hydrogen) atoms. The molecule has 1 heterocycles. The number of carbonyl (C=O) groups is 2. The van der Waals surface area contributed by atoms with Crippen molar-refractivity contribution in [2.45, 2.75) is 69.7 Å². The van der Waals surface area contributed by atoms with E-state index in [1.165, 1.54) is 28.6 Å². The Hall–Kier alpha value is -1.93. The van der Waals surface area contributed by atoms with Crippen LogP contribution in [-0.2, 0) is 19.6 Å². The maximum absolute atomic E-state index is 12.8. The van der Waals surface area contributed by atoms with Gasteiger partial charge >= 0.3 is 5.97 Å². The summed E-state index contributed by atoms with van der Waals surface area (Å²) in [5, 5.41) is 2.81. The van der Waals surface area contributed by atoms with Gasteiger partial charge in [0.15, 0.2) is 6.61 Å². The van der Waals surface area contributed by atoms with Crippen LogP contribution in [0.5, 0.6) is 0 Å². The summed E-state index contributed by atoms with van der Waals surface area (Å²) >= 11 is 0. The van der Waals surface area contributed by atoms with Crippen LogP contribution in [0, 0.1) is 0 Å². The van der Waals surface area contributed by atoms with Crippen LogP contribution in [0.3, 0.4) is 0 Å². The van der Waals surface area contributed by atoms with E-state index in [2.05, 4.69) is 12.2 Å². The van der Waals surface area contributed by atoms with Crippen molar-refractivity contribution in [3.63, 3.8) is 0 Å². The zero-order valence-corrected chi connectivity index (χ0v) is 18.2. The van der Waals surface area contributed by atoms with Crippen LogP contribution in [-0.4, -0.2) is 50.3 Å². The molecule has 1 amide bonds. The second kappa shape index (κ2) is 11.3. The molecule has 0 bridgehead atoms. The van der Waals surface area contributed by atoms with Gasteiger partial charge in [-0.3, -0.25) is 4.79 Å². The Morgan fingerprint density at radius 1 is 1.17 bits per heavy atom. The maximum Gasteiger partial charge on any atom is 0.338 e. The number of nitrogens with zero attached hydrogens (tertiary/aromatic N) is 1. The predicted octanol–water partition coefficient (Wildman–Crippen LogP) is 3.10. The van der Waals surface area contributed by atoms with E-state index in [0.717, 1.165) is 44.9 Å². The molecule has 1 aromatic rings. The number of carbonyl (C=O) groups excluding carboxylic acids is 2. The third kappa shape index (κ3) is 7.12. The number of ether oxygens (including phenoxy) is 1. The first-order valence-electron chi connectivity index (χ1n) is 10.4. The van der Waals surface area contributed by atoms with E-state index in [-0.39, 0.29) is 29.0 Å². The zero-order chi connectivity index (χ0) is 21.3. The van der Waals surface area contributed by atoms with Crippen molar-refractivity contribution >= 4 is 21.9 Å². The lowest BCUT2D eigenvalue weighted by Gasteiger charge is -2.25. The van der Waals surface area contributed by atoms with Crippen molar-refractivity contribution in [2.24, 2.45) is 0 Å². The lowest BCUT2D eigenvalue weighted by Crippen LogP contribution is -2.36. The van der Waals surface area contributed by atoms with Crippen LogP contribution in [0.2, 0.25) is 0 Å². The van der Waals surface area contributed by atoms with E-state index >= 15 is 0 Å². The summed E-state index contributed by atoms with van der Waals surface area (Å²) in [6.45, 7) is 4.64. The van der Waals surface area contributed by atoms with Crippen molar-refractivity contribution in [3.8, 4) is 0 Å². The number of piperidine rings is 1. The van der Waals surface area contributed by atoms with Crippen molar-refractivity contribution in [1.29, 1.82) is 0 Å². The van der Waals surface area contributed by atoms with Gasteiger partial charge in [-0.15, -0.1) is 0 Å². The quantitative estimate of drug-likeness (QED) is 0.460. The Morgan fingerprint density at radius 3 is 2.59 bits per heavy atom. The molecule has 8 heteroatoms. The fourth-order valence-corrected chi connectivity index (χ4v) is 4.90. The summed E-state index contributed by atoms with van der Waals surface area (Å²) in [4.78, 5) is 24.3. The number of rotatable bonds is 10. The number of hydrogen-bond donors (Lipinski definition) is 1. The number of hydrogen-bond acceptors (Lipinski definition) is 5. The SMILES string of the molecule is CCCCC[C@H](C)NC(=O)COC(=O)c1cccc(S(=O)(=O)N2CCCCC2)c1. The molecule has 0 unspecified atom stereocenters. The molecule has 0 saturated carbocycles. The first-order chi connectivity index (χ1) is 13.8. The summed E-state index contributed by atoms with van der Waals surface area (Å²) in [6, 6.07) is 5.82. The fourth-order valence-electron chi connectivity index (χ4n) is 3.34. The summed E-state index contributed by atoms with van der Waals surface area (Å²) in [5.41, 5.74) is 0.117. The normalized spacial score (nSPS) is 16.2. The van der Waals surface area contributed by atoms with Crippen molar-refractivity contribution in [3.05, 3.63) is 29.8 Å². The average Bonchev–Trinajstić information content (AvgIpc) is 2.73. The smallest absolute Gasteiger partial charge is 0.338 e. The summed E-state index contributed by atoms with van der Waals surface area (Å²) in [6.07, 6.45) is 6.86. The molecule has 0 radical (unpaired) electrons. The van der Waals surface area contributed by atoms with Gasteiger partial charge in [0.25, 0.3) is 5.91 Å². The maximum atomic E-state index is 12.8. The molecule has 1 N–H and O–H groups in total. The van der Waals surface area contributed by atoms with Crippen LogP contribution >= 0.6 is 0 Å². The number of benzene rings is 1. The molecule has 0 aliphatic carbocycles. The van der Waals surface area contributed by atoms with Crippen LogP contribution < -0.4 is 5.32 Å². The third-order valence-corrected chi connectivity index (χ3v) is 6.90. The van der Waals surface area contributed by atoms with Gasteiger partial charge in [-0.25, -0.2) is 13.2 Å². The minimum atomic E-state index is -3.63. The molecule has 1 saturated heterocycles. The molecule has 1 aliphatic heterocycles. The van der Waals surface area contributed by atoms with Gasteiger partial charge in [-0.05, 0) is 44.4 Å². The molecular formula is C21H32N2O5S. The fraction of sp³-hybridized carbons (Fsp3) is 0.619. The molecule has 1 aromatic carbocycles. The second-order valence-corrected chi connectivity index (χ2v) is 9.47. The molecule has 2 rings (SSSR count). The Balaban J connectivity index is 1.91. The Kier molecular flexibility index (Phi) is 9.10. The Labute approximate surface area is 173 Å². The summed E-state index contributed by atoms with van der Waals surface area (Å²) in [5.74, 6) is -1.08. The van der Waals surface area contributed by atoms with Crippen LogP contribution in [0.25, 0.3) is 0 Å². The molecule has 1 fully saturated rings. The lowest BCUT2D eigenvalue weighted by molar-refractivity contribution is -0.124. The highest BCUT2D eigenvalue weighted by molar-refractivity contribution is 7.89. The van der Waals surface area contributed by atoms with Gasteiger partial charge in [0.2, 0.25) is 10.0 Å². The number of amides is 1. The molecule has 0 aromatic heterocycles. The second-order valence-electron chi connectivity index (χ2n) is 7.53. The highest BCUT2D eigenvalue weighted by Crippen LogP contribution is 2.21. The van der Waals surface area contributed by atoms with E-state index in [1.807, 2.05) is 6.92 Å². The molecular weight excluding hydrogens is 392 g/mol. The van der Waals surface area contributed by atoms with Crippen molar-refractivity contribution in [1.82, 2.24) is 9.62 Å². The number of unbranched alkanes of at least 4 members (excludes halogenated alkanes) is 2. The summed E-state index contributed by atoms with van der Waals surface area (Å²) in [7, 11) is -3.63. The van der Waals surface area contributed by atoms with Gasteiger partial charge in [0.1, 0.15) is 0 Å². The first-order valence-corrected chi connectivity index (χ1v) is 11.8. The van der Waals surface area contributed by atoms with Gasteiger partial charge in [0, 0.05) is 19.1 Å². The lowest BCUT2D eigenvalue weighted by atomic mass is 10.1. The van der Waals surface area contributed by atoms with Crippen LogP contribution in [0.1, 0.15) is 69.2 Å². The molecule has 162 valence electrons. The van der Waals surface area contributed by atoms with E-state index in [9.17, 15) is 18.0 Å². The van der Waals surface area contributed by atoms with E-state index in [4.69, 9.17) is 4.74 Å². The monoisotopic (exact) mass is 424 g/mol. The van der Waals surface area contributed by atoms with Gasteiger partial charge in [-0.1, -0.05) is 38.7 Å². The van der Waals surface area contributed by atoms with E-state index in [1.54, 1.807) is 0 Å². The summed E-state index contributed by atoms with van der Waals surface area (Å²) < 4.78 is 32.1. The van der Waals surface area contributed by atoms with Gasteiger partial charge < -0.3 is 10.1 Å². The molecule has 1 aliphatic rings.